The van der Waals surface area contributed by atoms with Crippen molar-refractivity contribution in [3.8, 4) is 0 Å². The van der Waals surface area contributed by atoms with Gasteiger partial charge in [0.25, 0.3) is 5.91 Å². The Bertz CT molecular complexity index is 754. The normalized spacial score (nSPS) is 17.4. The molecular weight excluding hydrogens is 334 g/mol. The number of nitrogens with one attached hydrogen (secondary N) is 1. The van der Waals surface area contributed by atoms with E-state index in [9.17, 15) is 9.59 Å². The van der Waals surface area contributed by atoms with Crippen molar-refractivity contribution in [2.45, 2.75) is 39.2 Å². The maximum atomic E-state index is 12.3. The third kappa shape index (κ3) is 4.28. The Kier molecular flexibility index (Phi) is 5.53. The summed E-state index contributed by atoms with van der Waals surface area (Å²) in [5, 5.41) is 4.72. The summed E-state index contributed by atoms with van der Waals surface area (Å²) in [6, 6.07) is 9.58. The standard InChI is InChI=1S/C20H23NO3S/c1-13-8-9-16-17(12-25-18(16)10-13)20(23)24-11-19(22)21-14(2)15-6-4-3-5-7-15/h3-7,12-14H,8-11H2,1-2H3,(H,21,22). The topological polar surface area (TPSA) is 55.4 Å². The lowest BCUT2D eigenvalue weighted by Gasteiger charge is -2.18. The van der Waals surface area contributed by atoms with Gasteiger partial charge in [-0.15, -0.1) is 11.3 Å². The van der Waals surface area contributed by atoms with Crippen LogP contribution in [0.5, 0.6) is 0 Å². The second-order valence-electron chi connectivity index (χ2n) is 6.68. The molecule has 4 nitrogen and oxygen atoms in total. The molecule has 2 atom stereocenters. The largest absolute Gasteiger partial charge is 0.452 e. The lowest BCUT2D eigenvalue weighted by Crippen LogP contribution is -2.31. The van der Waals surface area contributed by atoms with Crippen LogP contribution in [-0.2, 0) is 22.4 Å². The molecule has 1 amide bonds. The van der Waals surface area contributed by atoms with Crippen molar-refractivity contribution in [2.75, 3.05) is 6.61 Å². The van der Waals surface area contributed by atoms with Crippen LogP contribution >= 0.6 is 11.3 Å². The maximum absolute atomic E-state index is 12.3. The number of esters is 1. The molecule has 2 unspecified atom stereocenters. The van der Waals surface area contributed by atoms with Crippen LogP contribution < -0.4 is 5.32 Å². The molecule has 3 rings (SSSR count). The number of thiophene rings is 1. The molecule has 1 aliphatic rings. The number of rotatable bonds is 5. The minimum Gasteiger partial charge on any atom is -0.452 e. The van der Waals surface area contributed by atoms with Crippen LogP contribution in [0.1, 0.15) is 52.7 Å². The highest BCUT2D eigenvalue weighted by Gasteiger charge is 2.24. The van der Waals surface area contributed by atoms with Crippen molar-refractivity contribution < 1.29 is 14.3 Å². The first-order chi connectivity index (χ1) is 12.0. The van der Waals surface area contributed by atoms with Crippen molar-refractivity contribution in [2.24, 2.45) is 5.92 Å². The summed E-state index contributed by atoms with van der Waals surface area (Å²) in [5.41, 5.74) is 2.77. The fourth-order valence-electron chi connectivity index (χ4n) is 3.17. The van der Waals surface area contributed by atoms with E-state index in [0.717, 1.165) is 30.4 Å². The number of ether oxygens (including phenoxy) is 1. The molecule has 132 valence electrons. The third-order valence-electron chi connectivity index (χ3n) is 4.63. The maximum Gasteiger partial charge on any atom is 0.339 e. The van der Waals surface area contributed by atoms with E-state index in [2.05, 4.69) is 12.2 Å². The summed E-state index contributed by atoms with van der Waals surface area (Å²) in [6.07, 6.45) is 3.04. The van der Waals surface area contributed by atoms with Crippen LogP contribution in [0, 0.1) is 5.92 Å². The quantitative estimate of drug-likeness (QED) is 0.826. The molecule has 0 fully saturated rings. The SMILES string of the molecule is CC1CCc2c(C(=O)OCC(=O)NC(C)c3ccccc3)csc2C1. The van der Waals surface area contributed by atoms with Gasteiger partial charge in [0.1, 0.15) is 0 Å². The van der Waals surface area contributed by atoms with Gasteiger partial charge in [-0.3, -0.25) is 4.79 Å². The summed E-state index contributed by atoms with van der Waals surface area (Å²) in [6.45, 7) is 3.89. The fourth-order valence-corrected chi connectivity index (χ4v) is 4.40. The second-order valence-corrected chi connectivity index (χ2v) is 7.64. The van der Waals surface area contributed by atoms with Crippen molar-refractivity contribution >= 4 is 23.2 Å². The molecule has 0 saturated carbocycles. The molecule has 1 aromatic heterocycles. The Morgan fingerprint density at radius 3 is 2.84 bits per heavy atom. The predicted molar refractivity (Wildman–Crippen MR) is 98.8 cm³/mol. The van der Waals surface area contributed by atoms with E-state index in [0.29, 0.717) is 11.5 Å². The van der Waals surface area contributed by atoms with Gasteiger partial charge in [-0.1, -0.05) is 37.3 Å². The highest BCUT2D eigenvalue weighted by Crippen LogP contribution is 2.33. The average Bonchev–Trinajstić information content (AvgIpc) is 3.03. The lowest BCUT2D eigenvalue weighted by molar-refractivity contribution is -0.124. The first-order valence-corrected chi connectivity index (χ1v) is 9.53. The summed E-state index contributed by atoms with van der Waals surface area (Å²) < 4.78 is 5.23. The molecule has 0 saturated heterocycles. The van der Waals surface area contributed by atoms with E-state index in [4.69, 9.17) is 4.74 Å². The number of hydrogen-bond donors (Lipinski definition) is 1. The molecule has 1 aliphatic carbocycles. The molecular formula is C20H23NO3S. The molecule has 5 heteroatoms. The van der Waals surface area contributed by atoms with Crippen LogP contribution in [0.3, 0.4) is 0 Å². The van der Waals surface area contributed by atoms with Crippen LogP contribution in [0.25, 0.3) is 0 Å². The number of carbonyl (C=O) groups excluding carboxylic acids is 2. The first kappa shape index (κ1) is 17.7. The summed E-state index contributed by atoms with van der Waals surface area (Å²) >= 11 is 1.62. The van der Waals surface area contributed by atoms with Gasteiger partial charge in [-0.05, 0) is 43.2 Å². The van der Waals surface area contributed by atoms with Crippen LogP contribution in [0.4, 0.5) is 0 Å². The van der Waals surface area contributed by atoms with Crippen LogP contribution in [0.15, 0.2) is 35.7 Å². The number of amides is 1. The highest BCUT2D eigenvalue weighted by molar-refractivity contribution is 7.10. The van der Waals surface area contributed by atoms with Crippen LogP contribution in [-0.4, -0.2) is 18.5 Å². The lowest BCUT2D eigenvalue weighted by atomic mass is 9.88. The Morgan fingerprint density at radius 1 is 1.32 bits per heavy atom. The van der Waals surface area contributed by atoms with Gasteiger partial charge >= 0.3 is 5.97 Å². The fraction of sp³-hybridized carbons (Fsp3) is 0.400. The van der Waals surface area contributed by atoms with E-state index >= 15 is 0 Å². The highest BCUT2D eigenvalue weighted by atomic mass is 32.1. The number of hydrogen-bond acceptors (Lipinski definition) is 4. The van der Waals surface area contributed by atoms with Gasteiger partial charge in [0.2, 0.25) is 0 Å². The van der Waals surface area contributed by atoms with Gasteiger partial charge < -0.3 is 10.1 Å². The van der Waals surface area contributed by atoms with Gasteiger partial charge in [0.15, 0.2) is 6.61 Å². The monoisotopic (exact) mass is 357 g/mol. The number of carbonyl (C=O) groups is 2. The third-order valence-corrected chi connectivity index (χ3v) is 5.68. The Balaban J connectivity index is 1.53. The van der Waals surface area contributed by atoms with E-state index < -0.39 is 5.97 Å². The number of benzene rings is 1. The van der Waals surface area contributed by atoms with E-state index in [1.165, 1.54) is 4.88 Å². The molecule has 0 spiro atoms. The second kappa shape index (κ2) is 7.83. The van der Waals surface area contributed by atoms with Gasteiger partial charge in [-0.25, -0.2) is 4.79 Å². The zero-order valence-corrected chi connectivity index (χ0v) is 15.4. The molecule has 1 heterocycles. The molecule has 0 bridgehead atoms. The summed E-state index contributed by atoms with van der Waals surface area (Å²) in [7, 11) is 0. The van der Waals surface area contributed by atoms with E-state index in [1.54, 1.807) is 11.3 Å². The Hall–Kier alpha value is -2.14. The summed E-state index contributed by atoms with van der Waals surface area (Å²) in [4.78, 5) is 25.7. The molecule has 0 aliphatic heterocycles. The van der Waals surface area contributed by atoms with Crippen molar-refractivity contribution in [3.63, 3.8) is 0 Å². The van der Waals surface area contributed by atoms with Gasteiger partial charge in [0, 0.05) is 10.3 Å². The van der Waals surface area contributed by atoms with Crippen molar-refractivity contribution in [1.29, 1.82) is 0 Å². The van der Waals surface area contributed by atoms with E-state index in [1.807, 2.05) is 42.6 Å². The zero-order chi connectivity index (χ0) is 17.8. The molecule has 1 N–H and O–H groups in total. The molecule has 2 aromatic rings. The Labute approximate surface area is 152 Å². The minimum absolute atomic E-state index is 0.122. The summed E-state index contributed by atoms with van der Waals surface area (Å²) in [5.74, 6) is -0.0164. The van der Waals surface area contributed by atoms with Gasteiger partial charge in [-0.2, -0.15) is 0 Å². The van der Waals surface area contributed by atoms with Crippen molar-refractivity contribution in [1.82, 2.24) is 5.32 Å². The zero-order valence-electron chi connectivity index (χ0n) is 14.6. The van der Waals surface area contributed by atoms with Gasteiger partial charge in [0.05, 0.1) is 11.6 Å². The number of fused-ring (bicyclic) bond motifs is 1. The minimum atomic E-state index is -0.394. The molecule has 25 heavy (non-hydrogen) atoms. The van der Waals surface area contributed by atoms with Crippen LogP contribution in [0.2, 0.25) is 0 Å². The first-order valence-electron chi connectivity index (χ1n) is 8.65. The Morgan fingerprint density at radius 2 is 2.08 bits per heavy atom. The smallest absolute Gasteiger partial charge is 0.339 e. The molecule has 0 radical (unpaired) electrons. The predicted octanol–water partition coefficient (Wildman–Crippen LogP) is 3.91. The molecule has 1 aromatic carbocycles. The van der Waals surface area contributed by atoms with Crippen molar-refractivity contribution in [3.05, 3.63) is 57.3 Å². The van der Waals surface area contributed by atoms with E-state index in [-0.39, 0.29) is 18.6 Å². The average molecular weight is 357 g/mol.